The summed E-state index contributed by atoms with van der Waals surface area (Å²) >= 11 is 0. The van der Waals surface area contributed by atoms with E-state index in [9.17, 15) is 14.4 Å². The van der Waals surface area contributed by atoms with Crippen molar-refractivity contribution < 1.29 is 23.9 Å². The number of nitrogens with one attached hydrogen (secondary N) is 1. The van der Waals surface area contributed by atoms with Gasteiger partial charge in [-0.05, 0) is 45.2 Å². The Morgan fingerprint density at radius 3 is 2.42 bits per heavy atom. The summed E-state index contributed by atoms with van der Waals surface area (Å²) < 4.78 is 10.1. The molecule has 0 spiro atoms. The number of alkyl carbamates (subject to hydrolysis) is 1. The molecule has 0 radical (unpaired) electrons. The van der Waals surface area contributed by atoms with Crippen LogP contribution in [0.2, 0.25) is 0 Å². The molecule has 0 aliphatic carbocycles. The van der Waals surface area contributed by atoms with Gasteiger partial charge >= 0.3 is 12.1 Å². The number of hydrogen-bond donors (Lipinski definition) is 1. The van der Waals surface area contributed by atoms with Gasteiger partial charge in [-0.25, -0.2) is 4.79 Å². The normalized spacial score (nSPS) is 10.8. The minimum Gasteiger partial charge on any atom is -0.460 e. The quantitative estimate of drug-likeness (QED) is 0.775. The summed E-state index contributed by atoms with van der Waals surface area (Å²) in [6, 6.07) is 7.53. The Kier molecular flexibility index (Phi) is 7.42. The zero-order valence-corrected chi connectivity index (χ0v) is 14.7. The van der Waals surface area contributed by atoms with Crippen LogP contribution in [0.15, 0.2) is 24.3 Å². The van der Waals surface area contributed by atoms with E-state index in [0.717, 1.165) is 11.1 Å². The van der Waals surface area contributed by atoms with E-state index in [0.29, 0.717) is 12.8 Å². The van der Waals surface area contributed by atoms with Crippen molar-refractivity contribution in [3.05, 3.63) is 35.4 Å². The van der Waals surface area contributed by atoms with Gasteiger partial charge in [0.05, 0.1) is 0 Å². The molecular weight excluding hydrogens is 310 g/mol. The molecule has 1 rings (SSSR count). The van der Waals surface area contributed by atoms with Gasteiger partial charge in [0.1, 0.15) is 24.5 Å². The van der Waals surface area contributed by atoms with E-state index in [-0.39, 0.29) is 18.9 Å². The summed E-state index contributed by atoms with van der Waals surface area (Å²) in [5.41, 5.74) is 1.24. The Morgan fingerprint density at radius 1 is 1.12 bits per heavy atom. The predicted molar refractivity (Wildman–Crippen MR) is 89.5 cm³/mol. The highest BCUT2D eigenvalue weighted by molar-refractivity contribution is 5.78. The third-order valence-electron chi connectivity index (χ3n) is 2.93. The lowest BCUT2D eigenvalue weighted by molar-refractivity contribution is -0.143. The van der Waals surface area contributed by atoms with Gasteiger partial charge < -0.3 is 19.6 Å². The highest BCUT2D eigenvalue weighted by atomic mass is 16.6. The predicted octanol–water partition coefficient (Wildman–Crippen LogP) is 2.78. The molecule has 1 N–H and O–H groups in total. The first kappa shape index (κ1) is 19.7. The Balaban J connectivity index is 2.37. The summed E-state index contributed by atoms with van der Waals surface area (Å²) in [5, 5.41) is 2.35. The van der Waals surface area contributed by atoms with Crippen molar-refractivity contribution in [1.82, 2.24) is 5.32 Å². The fourth-order valence-corrected chi connectivity index (χ4v) is 1.87. The molecule has 0 bridgehead atoms. The number of carbonyl (C=O) groups is 3. The molecular formula is C18H25NO5. The number of aryl methyl sites for hydroxylation is 1. The molecule has 0 aliphatic rings. The first-order valence-corrected chi connectivity index (χ1v) is 7.85. The van der Waals surface area contributed by atoms with E-state index in [1.807, 2.05) is 24.3 Å². The van der Waals surface area contributed by atoms with E-state index < -0.39 is 17.7 Å². The number of amides is 1. The lowest BCUT2D eigenvalue weighted by Gasteiger charge is -2.19. The van der Waals surface area contributed by atoms with Crippen LogP contribution in [0.25, 0.3) is 0 Å². The van der Waals surface area contributed by atoms with Gasteiger partial charge in [0.2, 0.25) is 0 Å². The first-order chi connectivity index (χ1) is 11.2. The molecule has 1 aromatic rings. The molecule has 0 aliphatic heterocycles. The molecule has 1 amide bonds. The second kappa shape index (κ2) is 9.05. The number of esters is 1. The summed E-state index contributed by atoms with van der Waals surface area (Å²) in [4.78, 5) is 34.1. The van der Waals surface area contributed by atoms with Crippen LogP contribution >= 0.6 is 0 Å². The van der Waals surface area contributed by atoms with Crippen molar-refractivity contribution in [3.63, 3.8) is 0 Å². The van der Waals surface area contributed by atoms with Crippen molar-refractivity contribution in [2.75, 3.05) is 6.54 Å². The molecule has 0 aromatic heterocycles. The number of ketones is 1. The molecule has 6 nitrogen and oxygen atoms in total. The van der Waals surface area contributed by atoms with Gasteiger partial charge in [0.25, 0.3) is 0 Å². The minimum absolute atomic E-state index is 0.114. The second-order valence-electron chi connectivity index (χ2n) is 6.54. The monoisotopic (exact) mass is 335 g/mol. The summed E-state index contributed by atoms with van der Waals surface area (Å²) in [7, 11) is 0. The molecule has 6 heteroatoms. The molecule has 0 saturated carbocycles. The van der Waals surface area contributed by atoms with Crippen molar-refractivity contribution in [2.45, 2.75) is 52.7 Å². The zero-order chi connectivity index (χ0) is 18.2. The summed E-state index contributed by atoms with van der Waals surface area (Å²) in [6.07, 6.45) is 0.492. The number of rotatable bonds is 7. The Bertz CT molecular complexity index is 589. The van der Waals surface area contributed by atoms with Crippen molar-refractivity contribution >= 4 is 17.8 Å². The third kappa shape index (κ3) is 8.92. The van der Waals surface area contributed by atoms with E-state index in [1.165, 1.54) is 0 Å². The average molecular weight is 335 g/mol. The summed E-state index contributed by atoms with van der Waals surface area (Å²) in [5.74, 6) is -0.407. The van der Waals surface area contributed by atoms with Crippen LogP contribution in [-0.4, -0.2) is 30.0 Å². The maximum absolute atomic E-state index is 11.6. The van der Waals surface area contributed by atoms with E-state index in [4.69, 9.17) is 9.47 Å². The molecule has 132 valence electrons. The largest absolute Gasteiger partial charge is 0.460 e. The molecule has 0 saturated heterocycles. The standard InChI is InChI=1S/C18H25NO5/c1-13(20)8-9-14-6-5-7-15(10-14)12-23-16(21)11-19-17(22)24-18(2,3)4/h5-7,10H,8-9,11-12H2,1-4H3,(H,19,22). The van der Waals surface area contributed by atoms with Crippen LogP contribution in [0.4, 0.5) is 4.79 Å². The summed E-state index contributed by atoms with van der Waals surface area (Å²) in [6.45, 7) is 6.64. The van der Waals surface area contributed by atoms with Crippen molar-refractivity contribution in [2.24, 2.45) is 0 Å². The Morgan fingerprint density at radius 2 is 1.79 bits per heavy atom. The molecule has 0 heterocycles. The molecule has 24 heavy (non-hydrogen) atoms. The maximum atomic E-state index is 11.6. The third-order valence-corrected chi connectivity index (χ3v) is 2.93. The molecule has 0 unspecified atom stereocenters. The number of carbonyl (C=O) groups excluding carboxylic acids is 3. The van der Waals surface area contributed by atoms with Gasteiger partial charge in [0.15, 0.2) is 0 Å². The lowest BCUT2D eigenvalue weighted by Crippen LogP contribution is -2.36. The number of hydrogen-bond acceptors (Lipinski definition) is 5. The van der Waals surface area contributed by atoms with E-state index in [2.05, 4.69) is 5.32 Å². The number of Topliss-reactive ketones (excluding diaryl/α,β-unsaturated/α-hetero) is 1. The smallest absolute Gasteiger partial charge is 0.408 e. The molecule has 0 fully saturated rings. The molecule has 1 aromatic carbocycles. The van der Waals surface area contributed by atoms with Crippen LogP contribution < -0.4 is 5.32 Å². The fraction of sp³-hybridized carbons (Fsp3) is 0.500. The van der Waals surface area contributed by atoms with Gasteiger partial charge in [-0.3, -0.25) is 4.79 Å². The van der Waals surface area contributed by atoms with E-state index >= 15 is 0 Å². The van der Waals surface area contributed by atoms with Crippen molar-refractivity contribution in [3.8, 4) is 0 Å². The average Bonchev–Trinajstić information content (AvgIpc) is 2.47. The highest BCUT2D eigenvalue weighted by Crippen LogP contribution is 2.09. The van der Waals surface area contributed by atoms with Crippen LogP contribution in [0.3, 0.4) is 0 Å². The Hall–Kier alpha value is -2.37. The van der Waals surface area contributed by atoms with Gasteiger partial charge in [-0.2, -0.15) is 0 Å². The Labute approximate surface area is 142 Å². The zero-order valence-electron chi connectivity index (χ0n) is 14.7. The lowest BCUT2D eigenvalue weighted by atomic mass is 10.1. The van der Waals surface area contributed by atoms with Crippen molar-refractivity contribution in [1.29, 1.82) is 0 Å². The number of ether oxygens (including phenoxy) is 2. The van der Waals surface area contributed by atoms with E-state index in [1.54, 1.807) is 27.7 Å². The van der Waals surface area contributed by atoms with Gasteiger partial charge in [0, 0.05) is 6.42 Å². The van der Waals surface area contributed by atoms with Crippen LogP contribution in [0, 0.1) is 0 Å². The van der Waals surface area contributed by atoms with Crippen LogP contribution in [0.5, 0.6) is 0 Å². The number of benzene rings is 1. The maximum Gasteiger partial charge on any atom is 0.408 e. The fourth-order valence-electron chi connectivity index (χ4n) is 1.87. The first-order valence-electron chi connectivity index (χ1n) is 7.85. The molecule has 0 atom stereocenters. The topological polar surface area (TPSA) is 81.7 Å². The van der Waals surface area contributed by atoms with Gasteiger partial charge in [-0.15, -0.1) is 0 Å². The van der Waals surface area contributed by atoms with Crippen LogP contribution in [0.1, 0.15) is 45.2 Å². The SMILES string of the molecule is CC(=O)CCc1cccc(COC(=O)CNC(=O)OC(C)(C)C)c1. The highest BCUT2D eigenvalue weighted by Gasteiger charge is 2.16. The minimum atomic E-state index is -0.661. The van der Waals surface area contributed by atoms with Gasteiger partial charge in [-0.1, -0.05) is 24.3 Å². The van der Waals surface area contributed by atoms with Crippen LogP contribution in [-0.2, 0) is 32.1 Å². The second-order valence-corrected chi connectivity index (χ2v) is 6.54.